The van der Waals surface area contributed by atoms with Crippen LogP contribution in [0.15, 0.2) is 54.7 Å². The van der Waals surface area contributed by atoms with Gasteiger partial charge in [-0.2, -0.15) is 0 Å². The molecule has 4 rings (SSSR count). The third-order valence-electron chi connectivity index (χ3n) is 5.47. The van der Waals surface area contributed by atoms with Crippen molar-refractivity contribution in [2.24, 2.45) is 0 Å². The second-order valence-electron chi connectivity index (χ2n) is 7.21. The lowest BCUT2D eigenvalue weighted by Gasteiger charge is -2.36. The van der Waals surface area contributed by atoms with Crippen molar-refractivity contribution in [2.75, 3.05) is 26.7 Å². The van der Waals surface area contributed by atoms with Gasteiger partial charge in [-0.3, -0.25) is 9.78 Å². The van der Waals surface area contributed by atoms with Gasteiger partial charge in [0.15, 0.2) is 0 Å². The van der Waals surface area contributed by atoms with Crippen LogP contribution in [0.1, 0.15) is 28.2 Å². The first-order valence-electron chi connectivity index (χ1n) is 9.59. The summed E-state index contributed by atoms with van der Waals surface area (Å²) in [7, 11) is 1.96. The lowest BCUT2D eigenvalue weighted by atomic mass is 10.0. The van der Waals surface area contributed by atoms with Crippen molar-refractivity contribution < 1.29 is 4.79 Å². The van der Waals surface area contributed by atoms with Gasteiger partial charge in [0.1, 0.15) is 0 Å². The topological polar surface area (TPSA) is 36.4 Å². The molecule has 1 aliphatic rings. The molecule has 140 valence electrons. The van der Waals surface area contributed by atoms with E-state index in [9.17, 15) is 4.79 Å². The zero-order valence-corrected chi connectivity index (χ0v) is 16.5. The van der Waals surface area contributed by atoms with Gasteiger partial charge in [-0.1, -0.05) is 24.3 Å². The molecule has 0 saturated carbocycles. The number of aromatic nitrogens is 1. The minimum Gasteiger partial charge on any atom is -0.338 e. The first-order valence-corrected chi connectivity index (χ1v) is 10.4. The van der Waals surface area contributed by atoms with E-state index in [0.29, 0.717) is 6.04 Å². The molecule has 3 heterocycles. The SMILES string of the molecule is CN(C(=O)c1cc2ccccc2s1)C1CCN(CCc2ccccn2)CC1. The van der Waals surface area contributed by atoms with Crippen molar-refractivity contribution in [3.05, 3.63) is 65.3 Å². The van der Waals surface area contributed by atoms with Gasteiger partial charge in [-0.05, 0) is 42.5 Å². The molecule has 1 amide bonds. The molecule has 1 saturated heterocycles. The number of nitrogens with zero attached hydrogens (tertiary/aromatic N) is 3. The molecule has 2 aromatic heterocycles. The number of hydrogen-bond donors (Lipinski definition) is 0. The highest BCUT2D eigenvalue weighted by Gasteiger charge is 2.26. The number of amides is 1. The summed E-state index contributed by atoms with van der Waals surface area (Å²) in [5.74, 6) is 0.156. The molecule has 0 bridgehead atoms. The smallest absolute Gasteiger partial charge is 0.263 e. The number of hydrogen-bond acceptors (Lipinski definition) is 4. The van der Waals surface area contributed by atoms with Crippen molar-refractivity contribution in [1.29, 1.82) is 0 Å². The minimum atomic E-state index is 0.156. The molecule has 1 aromatic carbocycles. The first kappa shape index (κ1) is 18.1. The summed E-state index contributed by atoms with van der Waals surface area (Å²) in [6.07, 6.45) is 4.92. The Bertz CT molecular complexity index is 867. The Balaban J connectivity index is 1.31. The Labute approximate surface area is 164 Å². The highest BCUT2D eigenvalue weighted by Crippen LogP contribution is 2.27. The number of carbonyl (C=O) groups is 1. The van der Waals surface area contributed by atoms with Crippen LogP contribution in [-0.4, -0.2) is 53.4 Å². The number of thiophene rings is 1. The maximum atomic E-state index is 12.9. The molecule has 0 radical (unpaired) electrons. The van der Waals surface area contributed by atoms with Crippen molar-refractivity contribution in [3.63, 3.8) is 0 Å². The van der Waals surface area contributed by atoms with Crippen LogP contribution < -0.4 is 0 Å². The molecular formula is C22H25N3OS. The van der Waals surface area contributed by atoms with Crippen molar-refractivity contribution >= 4 is 27.3 Å². The zero-order chi connectivity index (χ0) is 18.6. The van der Waals surface area contributed by atoms with Crippen molar-refractivity contribution in [1.82, 2.24) is 14.8 Å². The molecule has 1 fully saturated rings. The van der Waals surface area contributed by atoms with Crippen LogP contribution in [0.4, 0.5) is 0 Å². The van der Waals surface area contributed by atoms with Gasteiger partial charge in [0, 0.05) is 55.7 Å². The van der Waals surface area contributed by atoms with E-state index in [4.69, 9.17) is 0 Å². The van der Waals surface area contributed by atoms with Crippen LogP contribution in [0.5, 0.6) is 0 Å². The predicted molar refractivity (Wildman–Crippen MR) is 111 cm³/mol. The fraction of sp³-hybridized carbons (Fsp3) is 0.364. The summed E-state index contributed by atoms with van der Waals surface area (Å²) in [4.78, 5) is 22.6. The number of carbonyl (C=O) groups excluding carboxylic acids is 1. The Morgan fingerprint density at radius 1 is 1.19 bits per heavy atom. The largest absolute Gasteiger partial charge is 0.338 e. The molecule has 0 unspecified atom stereocenters. The standard InChI is InChI=1S/C22H25N3OS/c1-24(22(26)21-16-17-6-2-3-8-20(17)27-21)19-10-14-25(15-11-19)13-9-18-7-4-5-12-23-18/h2-8,12,16,19H,9-11,13-15H2,1H3. The predicted octanol–water partition coefficient (Wildman–Crippen LogP) is 4.08. The first-order chi connectivity index (χ1) is 13.2. The second-order valence-corrected chi connectivity index (χ2v) is 8.29. The lowest BCUT2D eigenvalue weighted by molar-refractivity contribution is 0.0648. The molecule has 0 aliphatic carbocycles. The van der Waals surface area contributed by atoms with E-state index in [1.165, 1.54) is 4.70 Å². The molecule has 1 aliphatic heterocycles. The molecule has 3 aromatic rings. The maximum Gasteiger partial charge on any atom is 0.263 e. The molecule has 27 heavy (non-hydrogen) atoms. The van der Waals surface area contributed by atoms with E-state index < -0.39 is 0 Å². The molecule has 5 heteroatoms. The van der Waals surface area contributed by atoms with E-state index in [1.807, 2.05) is 48.5 Å². The van der Waals surface area contributed by atoms with Crippen LogP contribution in [0, 0.1) is 0 Å². The van der Waals surface area contributed by atoms with E-state index in [2.05, 4.69) is 28.1 Å². The lowest BCUT2D eigenvalue weighted by Crippen LogP contribution is -2.45. The maximum absolute atomic E-state index is 12.9. The van der Waals surface area contributed by atoms with Crippen LogP contribution in [0.25, 0.3) is 10.1 Å². The fourth-order valence-electron chi connectivity index (χ4n) is 3.78. The van der Waals surface area contributed by atoms with Gasteiger partial charge in [0.2, 0.25) is 0 Å². The highest BCUT2D eigenvalue weighted by molar-refractivity contribution is 7.20. The summed E-state index contributed by atoms with van der Waals surface area (Å²) in [5.41, 5.74) is 1.15. The molecular weight excluding hydrogens is 354 g/mol. The molecule has 0 atom stereocenters. The quantitative estimate of drug-likeness (QED) is 0.670. The number of pyridine rings is 1. The Morgan fingerprint density at radius 2 is 1.96 bits per heavy atom. The summed E-state index contributed by atoms with van der Waals surface area (Å²) in [5, 5.41) is 1.16. The van der Waals surface area contributed by atoms with E-state index in [-0.39, 0.29) is 5.91 Å². The Kier molecular flexibility index (Phi) is 5.50. The summed E-state index contributed by atoms with van der Waals surface area (Å²) in [6, 6.07) is 16.6. The van der Waals surface area contributed by atoms with Crippen molar-refractivity contribution in [2.45, 2.75) is 25.3 Å². The van der Waals surface area contributed by atoms with Crippen LogP contribution in [0.2, 0.25) is 0 Å². The van der Waals surface area contributed by atoms with Crippen LogP contribution >= 0.6 is 11.3 Å². The zero-order valence-electron chi connectivity index (χ0n) is 15.7. The number of piperidine rings is 1. The average molecular weight is 380 g/mol. The molecule has 4 nitrogen and oxygen atoms in total. The van der Waals surface area contributed by atoms with Gasteiger partial charge in [-0.25, -0.2) is 0 Å². The van der Waals surface area contributed by atoms with E-state index in [1.54, 1.807) is 11.3 Å². The summed E-state index contributed by atoms with van der Waals surface area (Å²) >= 11 is 1.60. The van der Waals surface area contributed by atoms with Gasteiger partial charge in [0.05, 0.1) is 4.88 Å². The van der Waals surface area contributed by atoms with Crippen LogP contribution in [-0.2, 0) is 6.42 Å². The normalized spacial score (nSPS) is 15.9. The monoisotopic (exact) mass is 379 g/mol. The third-order valence-corrected chi connectivity index (χ3v) is 6.58. The number of likely N-dealkylation sites (tertiary alicyclic amines) is 1. The number of benzene rings is 1. The second kappa shape index (κ2) is 8.19. The molecule has 0 spiro atoms. The fourth-order valence-corrected chi connectivity index (χ4v) is 4.82. The number of fused-ring (bicyclic) bond motifs is 1. The van der Waals surface area contributed by atoms with Gasteiger partial charge in [-0.15, -0.1) is 11.3 Å². The van der Waals surface area contributed by atoms with Gasteiger partial charge >= 0.3 is 0 Å². The Hall–Kier alpha value is -2.24. The Morgan fingerprint density at radius 3 is 2.70 bits per heavy atom. The van der Waals surface area contributed by atoms with Crippen LogP contribution in [0.3, 0.4) is 0 Å². The average Bonchev–Trinajstić information content (AvgIpc) is 3.16. The van der Waals surface area contributed by atoms with Crippen molar-refractivity contribution in [3.8, 4) is 0 Å². The van der Waals surface area contributed by atoms with Gasteiger partial charge < -0.3 is 9.80 Å². The summed E-state index contributed by atoms with van der Waals surface area (Å²) in [6.45, 7) is 3.13. The van der Waals surface area contributed by atoms with Gasteiger partial charge in [0.25, 0.3) is 5.91 Å². The number of rotatable bonds is 5. The summed E-state index contributed by atoms with van der Waals surface area (Å²) < 4.78 is 1.18. The molecule has 0 N–H and O–H groups in total. The van der Waals surface area contributed by atoms with E-state index in [0.717, 1.165) is 54.9 Å². The highest BCUT2D eigenvalue weighted by atomic mass is 32.1. The third kappa shape index (κ3) is 4.20. The van der Waals surface area contributed by atoms with E-state index >= 15 is 0 Å². The minimum absolute atomic E-state index is 0.156.